The summed E-state index contributed by atoms with van der Waals surface area (Å²) in [4.78, 5) is 8.93. The van der Waals surface area contributed by atoms with Gasteiger partial charge in [0.1, 0.15) is 11.3 Å². The molecule has 0 amide bonds. The Morgan fingerprint density at radius 1 is 1.00 bits per heavy atom. The Bertz CT molecular complexity index is 1000. The maximum atomic E-state index is 5.63. The van der Waals surface area contributed by atoms with E-state index in [1.54, 1.807) is 7.11 Å². The molecule has 0 atom stereocenters. The maximum Gasteiger partial charge on any atom is 0.231 e. The van der Waals surface area contributed by atoms with E-state index in [9.17, 15) is 0 Å². The standard InChI is InChI=1S/C19H17N3O3/c1-3-17-20-15-11-13(6-9-16(15)24-17)19-21-18(25-22-19)10-12-4-7-14(23-2)8-5-12/h4-9,11H,3,10H2,1-2H3. The van der Waals surface area contributed by atoms with E-state index in [4.69, 9.17) is 13.7 Å². The number of aryl methyl sites for hydroxylation is 1. The average Bonchev–Trinajstić information content (AvgIpc) is 3.28. The molecule has 6 nitrogen and oxygen atoms in total. The van der Waals surface area contributed by atoms with Crippen LogP contribution in [-0.4, -0.2) is 22.2 Å². The van der Waals surface area contributed by atoms with Gasteiger partial charge >= 0.3 is 0 Å². The topological polar surface area (TPSA) is 74.2 Å². The van der Waals surface area contributed by atoms with Crippen molar-refractivity contribution in [1.29, 1.82) is 0 Å². The fourth-order valence-electron chi connectivity index (χ4n) is 2.63. The van der Waals surface area contributed by atoms with Crippen LogP contribution in [0.15, 0.2) is 51.4 Å². The highest BCUT2D eigenvalue weighted by molar-refractivity contribution is 5.78. The van der Waals surface area contributed by atoms with Gasteiger partial charge in [0.2, 0.25) is 11.7 Å². The molecule has 6 heteroatoms. The van der Waals surface area contributed by atoms with E-state index in [0.717, 1.165) is 40.3 Å². The van der Waals surface area contributed by atoms with Gasteiger partial charge in [-0.05, 0) is 35.9 Å². The maximum absolute atomic E-state index is 5.63. The lowest BCUT2D eigenvalue weighted by atomic mass is 10.1. The number of benzene rings is 2. The molecule has 25 heavy (non-hydrogen) atoms. The van der Waals surface area contributed by atoms with Gasteiger partial charge in [0.25, 0.3) is 0 Å². The van der Waals surface area contributed by atoms with E-state index in [1.807, 2.05) is 49.4 Å². The van der Waals surface area contributed by atoms with Crippen LogP contribution in [0.3, 0.4) is 0 Å². The molecule has 0 saturated heterocycles. The Kier molecular flexibility index (Phi) is 3.93. The number of hydrogen-bond acceptors (Lipinski definition) is 6. The largest absolute Gasteiger partial charge is 0.497 e. The Balaban J connectivity index is 1.57. The molecule has 0 spiro atoms. The van der Waals surface area contributed by atoms with Gasteiger partial charge in [-0.15, -0.1) is 0 Å². The molecular weight excluding hydrogens is 318 g/mol. The number of hydrogen-bond donors (Lipinski definition) is 0. The van der Waals surface area contributed by atoms with Crippen LogP contribution in [0.25, 0.3) is 22.5 Å². The first kappa shape index (κ1) is 15.4. The smallest absolute Gasteiger partial charge is 0.231 e. The minimum Gasteiger partial charge on any atom is -0.497 e. The first-order chi connectivity index (χ1) is 12.2. The third-order valence-corrected chi connectivity index (χ3v) is 3.98. The monoisotopic (exact) mass is 335 g/mol. The molecule has 0 fully saturated rings. The second-order valence-electron chi connectivity index (χ2n) is 5.68. The molecule has 0 aliphatic carbocycles. The number of fused-ring (bicyclic) bond motifs is 1. The van der Waals surface area contributed by atoms with Crippen molar-refractivity contribution in [1.82, 2.24) is 15.1 Å². The van der Waals surface area contributed by atoms with Crippen LogP contribution in [0, 0.1) is 0 Å². The summed E-state index contributed by atoms with van der Waals surface area (Å²) in [7, 11) is 1.65. The van der Waals surface area contributed by atoms with Gasteiger partial charge in [-0.1, -0.05) is 24.2 Å². The Morgan fingerprint density at radius 3 is 2.60 bits per heavy atom. The van der Waals surface area contributed by atoms with E-state index >= 15 is 0 Å². The number of aromatic nitrogens is 3. The summed E-state index contributed by atoms with van der Waals surface area (Å²) in [5, 5.41) is 4.08. The number of rotatable bonds is 5. The van der Waals surface area contributed by atoms with Crippen LogP contribution >= 0.6 is 0 Å². The molecule has 126 valence electrons. The minimum atomic E-state index is 0.548. The predicted octanol–water partition coefficient (Wildman–Crippen LogP) is 4.04. The van der Waals surface area contributed by atoms with Crippen molar-refractivity contribution >= 4 is 11.1 Å². The van der Waals surface area contributed by atoms with Gasteiger partial charge in [0.15, 0.2) is 11.5 Å². The molecule has 0 unspecified atom stereocenters. The van der Waals surface area contributed by atoms with Crippen molar-refractivity contribution in [3.05, 3.63) is 59.8 Å². The van der Waals surface area contributed by atoms with Crippen molar-refractivity contribution in [3.63, 3.8) is 0 Å². The molecule has 0 radical (unpaired) electrons. The van der Waals surface area contributed by atoms with Crippen molar-refractivity contribution in [2.24, 2.45) is 0 Å². The summed E-state index contributed by atoms with van der Waals surface area (Å²) < 4.78 is 16.2. The van der Waals surface area contributed by atoms with E-state index in [2.05, 4.69) is 15.1 Å². The van der Waals surface area contributed by atoms with Crippen molar-refractivity contribution < 1.29 is 13.7 Å². The summed E-state index contributed by atoms with van der Waals surface area (Å²) in [6, 6.07) is 13.5. The lowest BCUT2D eigenvalue weighted by Gasteiger charge is -2.00. The van der Waals surface area contributed by atoms with Crippen LogP contribution in [0.5, 0.6) is 5.75 Å². The first-order valence-electron chi connectivity index (χ1n) is 8.10. The predicted molar refractivity (Wildman–Crippen MR) is 92.5 cm³/mol. The zero-order valence-electron chi connectivity index (χ0n) is 14.0. The molecule has 2 aromatic carbocycles. The van der Waals surface area contributed by atoms with Gasteiger partial charge < -0.3 is 13.7 Å². The second-order valence-corrected chi connectivity index (χ2v) is 5.68. The number of methoxy groups -OCH3 is 1. The van der Waals surface area contributed by atoms with Crippen LogP contribution < -0.4 is 4.74 Å². The highest BCUT2D eigenvalue weighted by atomic mass is 16.5. The number of nitrogens with zero attached hydrogens (tertiary/aromatic N) is 3. The lowest BCUT2D eigenvalue weighted by molar-refractivity contribution is 0.385. The highest BCUT2D eigenvalue weighted by Gasteiger charge is 2.12. The SMILES string of the molecule is CCc1nc2cc(-c3noc(Cc4ccc(OC)cc4)n3)ccc2o1. The molecule has 0 N–H and O–H groups in total. The van der Waals surface area contributed by atoms with Gasteiger partial charge in [0.05, 0.1) is 13.5 Å². The zero-order valence-corrected chi connectivity index (χ0v) is 14.0. The number of ether oxygens (including phenoxy) is 1. The van der Waals surface area contributed by atoms with Gasteiger partial charge in [-0.3, -0.25) is 0 Å². The minimum absolute atomic E-state index is 0.548. The fourth-order valence-corrected chi connectivity index (χ4v) is 2.63. The first-order valence-corrected chi connectivity index (χ1v) is 8.10. The Labute approximate surface area is 144 Å². The molecule has 2 aromatic heterocycles. The zero-order chi connectivity index (χ0) is 17.2. The van der Waals surface area contributed by atoms with Crippen LogP contribution in [-0.2, 0) is 12.8 Å². The van der Waals surface area contributed by atoms with Crippen molar-refractivity contribution in [2.75, 3.05) is 7.11 Å². The second kappa shape index (κ2) is 6.39. The summed E-state index contributed by atoms with van der Waals surface area (Å²) in [5.41, 5.74) is 3.50. The summed E-state index contributed by atoms with van der Waals surface area (Å²) >= 11 is 0. The Morgan fingerprint density at radius 2 is 1.84 bits per heavy atom. The quantitative estimate of drug-likeness (QED) is 0.548. The normalized spacial score (nSPS) is 11.1. The average molecular weight is 335 g/mol. The third-order valence-electron chi connectivity index (χ3n) is 3.98. The van der Waals surface area contributed by atoms with Crippen LogP contribution in [0.4, 0.5) is 0 Å². The van der Waals surface area contributed by atoms with E-state index in [-0.39, 0.29) is 0 Å². The van der Waals surface area contributed by atoms with E-state index in [1.165, 1.54) is 0 Å². The van der Waals surface area contributed by atoms with Gasteiger partial charge in [0, 0.05) is 12.0 Å². The molecule has 0 bridgehead atoms. The van der Waals surface area contributed by atoms with Crippen LogP contribution in [0.2, 0.25) is 0 Å². The molecule has 4 rings (SSSR count). The van der Waals surface area contributed by atoms with Crippen LogP contribution in [0.1, 0.15) is 24.3 Å². The molecule has 0 saturated carbocycles. The van der Waals surface area contributed by atoms with E-state index < -0.39 is 0 Å². The highest BCUT2D eigenvalue weighted by Crippen LogP contribution is 2.24. The lowest BCUT2D eigenvalue weighted by Crippen LogP contribution is -1.89. The molecule has 0 aliphatic heterocycles. The van der Waals surface area contributed by atoms with Crippen molar-refractivity contribution in [3.8, 4) is 17.1 Å². The molecular formula is C19H17N3O3. The molecule has 4 aromatic rings. The Hall–Kier alpha value is -3.15. The summed E-state index contributed by atoms with van der Waals surface area (Å²) in [5.74, 6) is 2.66. The number of oxazole rings is 1. The summed E-state index contributed by atoms with van der Waals surface area (Å²) in [6.45, 7) is 2.01. The molecule has 0 aliphatic rings. The molecule has 2 heterocycles. The third kappa shape index (κ3) is 3.10. The van der Waals surface area contributed by atoms with Gasteiger partial charge in [-0.25, -0.2) is 4.98 Å². The summed E-state index contributed by atoms with van der Waals surface area (Å²) in [6.07, 6.45) is 1.33. The van der Waals surface area contributed by atoms with Crippen molar-refractivity contribution in [2.45, 2.75) is 19.8 Å². The fraction of sp³-hybridized carbons (Fsp3) is 0.211. The van der Waals surface area contributed by atoms with Gasteiger partial charge in [-0.2, -0.15) is 4.98 Å². The van der Waals surface area contributed by atoms with E-state index in [0.29, 0.717) is 18.1 Å².